The van der Waals surface area contributed by atoms with Crippen LogP contribution in [0.1, 0.15) is 41.1 Å². The maximum Gasteiger partial charge on any atom is 0.253 e. The summed E-state index contributed by atoms with van der Waals surface area (Å²) in [5.41, 5.74) is 3.76. The van der Waals surface area contributed by atoms with E-state index in [1.807, 2.05) is 39.9 Å². The number of amides is 2. The quantitative estimate of drug-likeness (QED) is 0.465. The Labute approximate surface area is 192 Å². The Balaban J connectivity index is 1.18. The molecule has 33 heavy (non-hydrogen) atoms. The van der Waals surface area contributed by atoms with Crippen LogP contribution in [0.15, 0.2) is 73.4 Å². The van der Waals surface area contributed by atoms with Crippen LogP contribution < -0.4 is 5.32 Å². The normalized spacial score (nSPS) is 14.5. The van der Waals surface area contributed by atoms with Crippen LogP contribution in [0.2, 0.25) is 0 Å². The van der Waals surface area contributed by atoms with Crippen LogP contribution in [0.25, 0.3) is 10.9 Å². The van der Waals surface area contributed by atoms with E-state index in [1.54, 1.807) is 18.6 Å². The van der Waals surface area contributed by atoms with Gasteiger partial charge in [-0.25, -0.2) is 4.98 Å². The molecule has 0 radical (unpaired) electrons. The highest BCUT2D eigenvalue weighted by molar-refractivity contribution is 5.97. The van der Waals surface area contributed by atoms with Gasteiger partial charge in [-0.2, -0.15) is 0 Å². The molecule has 2 aromatic carbocycles. The fourth-order valence-corrected chi connectivity index (χ4v) is 4.61. The minimum atomic E-state index is -0.0900. The highest BCUT2D eigenvalue weighted by Gasteiger charge is 2.26. The number of rotatable bonds is 6. The Morgan fingerprint density at radius 2 is 1.94 bits per heavy atom. The molecule has 0 spiro atoms. The molecule has 0 bridgehead atoms. The maximum atomic E-state index is 13.1. The first kappa shape index (κ1) is 21.0. The summed E-state index contributed by atoms with van der Waals surface area (Å²) < 4.78 is 1.86. The van der Waals surface area contributed by atoms with Crippen molar-refractivity contribution in [2.75, 3.05) is 18.4 Å². The number of imidazole rings is 1. The van der Waals surface area contributed by atoms with Crippen LogP contribution in [-0.2, 0) is 11.3 Å². The number of aryl methyl sites for hydroxylation is 1. The molecule has 0 saturated carbocycles. The number of carbonyl (C=O) groups excluding carboxylic acids is 2. The van der Waals surface area contributed by atoms with Gasteiger partial charge in [0.2, 0.25) is 5.91 Å². The summed E-state index contributed by atoms with van der Waals surface area (Å²) in [6.45, 7) is 2.02. The molecule has 1 fully saturated rings. The number of H-pyrrole nitrogens is 1. The number of aromatic amines is 1. The van der Waals surface area contributed by atoms with Crippen molar-refractivity contribution in [1.82, 2.24) is 19.4 Å². The second-order valence-corrected chi connectivity index (χ2v) is 8.54. The van der Waals surface area contributed by atoms with Crippen molar-refractivity contribution < 1.29 is 9.59 Å². The first-order chi connectivity index (χ1) is 16.2. The number of nitrogens with zero attached hydrogens (tertiary/aromatic N) is 3. The number of nitrogens with one attached hydrogen (secondary N) is 2. The van der Waals surface area contributed by atoms with E-state index < -0.39 is 0 Å². The molecule has 1 saturated heterocycles. The predicted molar refractivity (Wildman–Crippen MR) is 128 cm³/mol. The molecule has 168 valence electrons. The van der Waals surface area contributed by atoms with E-state index in [9.17, 15) is 9.59 Å². The van der Waals surface area contributed by atoms with E-state index in [1.165, 1.54) is 10.9 Å². The third-order valence-electron chi connectivity index (χ3n) is 6.39. The molecule has 0 atom stereocenters. The Morgan fingerprint density at radius 3 is 2.76 bits per heavy atom. The minimum absolute atomic E-state index is 0.0156. The molecule has 0 unspecified atom stereocenters. The van der Waals surface area contributed by atoms with Gasteiger partial charge in [0.15, 0.2) is 0 Å². The van der Waals surface area contributed by atoms with Crippen molar-refractivity contribution in [3.63, 3.8) is 0 Å². The zero-order valence-corrected chi connectivity index (χ0v) is 18.4. The molecule has 7 nitrogen and oxygen atoms in total. The van der Waals surface area contributed by atoms with E-state index in [4.69, 9.17) is 0 Å². The van der Waals surface area contributed by atoms with E-state index in [-0.39, 0.29) is 11.8 Å². The van der Waals surface area contributed by atoms with Gasteiger partial charge in [-0.1, -0.05) is 24.3 Å². The van der Waals surface area contributed by atoms with Crippen LogP contribution in [0.4, 0.5) is 5.69 Å². The third kappa shape index (κ3) is 4.67. The monoisotopic (exact) mass is 441 g/mol. The van der Waals surface area contributed by atoms with E-state index >= 15 is 0 Å². The number of hydrogen-bond acceptors (Lipinski definition) is 3. The summed E-state index contributed by atoms with van der Waals surface area (Å²) in [4.78, 5) is 34.7. The molecule has 3 heterocycles. The predicted octanol–water partition coefficient (Wildman–Crippen LogP) is 4.41. The topological polar surface area (TPSA) is 83.0 Å². The summed E-state index contributed by atoms with van der Waals surface area (Å²) in [5.74, 6) is 0.376. The lowest BCUT2D eigenvalue weighted by atomic mass is 9.89. The molecule has 2 N–H and O–H groups in total. The third-order valence-corrected chi connectivity index (χ3v) is 6.39. The Bertz CT molecular complexity index is 1250. The van der Waals surface area contributed by atoms with Gasteiger partial charge < -0.3 is 19.8 Å². The lowest BCUT2D eigenvalue weighted by Gasteiger charge is -2.32. The standard InChI is InChI=1S/C26H27N5O2/c32-25(10-12-30-15-11-27-18-30)29-21-5-3-4-20(16-21)26(33)31-13-8-19(9-14-31)23-17-28-24-7-2-1-6-22(23)24/h1-7,11,15-19,28H,8-10,12-14H2,(H,29,32). The number of anilines is 1. The van der Waals surface area contributed by atoms with Gasteiger partial charge in [0.1, 0.15) is 0 Å². The van der Waals surface area contributed by atoms with E-state index in [2.05, 4.69) is 39.7 Å². The fraction of sp³-hybridized carbons (Fsp3) is 0.269. The average Bonchev–Trinajstić information content (AvgIpc) is 3.53. The van der Waals surface area contributed by atoms with Crippen LogP contribution >= 0.6 is 0 Å². The number of likely N-dealkylation sites (tertiary alicyclic amines) is 1. The van der Waals surface area contributed by atoms with Crippen LogP contribution in [0.5, 0.6) is 0 Å². The second kappa shape index (κ2) is 9.32. The van der Waals surface area contributed by atoms with Gasteiger partial charge in [-0.15, -0.1) is 0 Å². The molecule has 4 aromatic rings. The first-order valence-electron chi connectivity index (χ1n) is 11.4. The van der Waals surface area contributed by atoms with Crippen molar-refractivity contribution in [2.24, 2.45) is 0 Å². The maximum absolute atomic E-state index is 13.1. The smallest absolute Gasteiger partial charge is 0.253 e. The molecule has 1 aliphatic rings. The molecule has 2 amide bonds. The number of hydrogen-bond donors (Lipinski definition) is 2. The summed E-state index contributed by atoms with van der Waals surface area (Å²) in [6.07, 6.45) is 9.55. The number of aromatic nitrogens is 3. The van der Waals surface area contributed by atoms with E-state index in [0.717, 1.165) is 31.4 Å². The number of para-hydroxylation sites is 1. The lowest BCUT2D eigenvalue weighted by molar-refractivity contribution is -0.116. The van der Waals surface area contributed by atoms with Crippen LogP contribution in [0.3, 0.4) is 0 Å². The molecule has 2 aromatic heterocycles. The highest BCUT2D eigenvalue weighted by Crippen LogP contribution is 2.33. The summed E-state index contributed by atoms with van der Waals surface area (Å²) in [7, 11) is 0. The van der Waals surface area contributed by atoms with Gasteiger partial charge in [-0.05, 0) is 48.6 Å². The largest absolute Gasteiger partial charge is 0.361 e. The number of benzene rings is 2. The van der Waals surface area contributed by atoms with Gasteiger partial charge >= 0.3 is 0 Å². The van der Waals surface area contributed by atoms with Gasteiger partial charge in [0, 0.05) is 66.8 Å². The summed E-state index contributed by atoms with van der Waals surface area (Å²) in [6, 6.07) is 15.6. The fourth-order valence-electron chi connectivity index (χ4n) is 4.61. The van der Waals surface area contributed by atoms with Crippen molar-refractivity contribution in [3.8, 4) is 0 Å². The molecule has 5 rings (SSSR count). The van der Waals surface area contributed by atoms with E-state index in [0.29, 0.717) is 30.1 Å². The Kier molecular flexibility index (Phi) is 5.93. The molecule has 1 aliphatic heterocycles. The molecule has 7 heteroatoms. The molecular weight excluding hydrogens is 414 g/mol. The zero-order valence-electron chi connectivity index (χ0n) is 18.4. The number of carbonyl (C=O) groups is 2. The zero-order chi connectivity index (χ0) is 22.6. The number of fused-ring (bicyclic) bond motifs is 1. The van der Waals surface area contributed by atoms with Crippen LogP contribution in [-0.4, -0.2) is 44.3 Å². The number of piperidine rings is 1. The Hall–Kier alpha value is -3.87. The summed E-state index contributed by atoms with van der Waals surface area (Å²) in [5, 5.41) is 4.17. The van der Waals surface area contributed by atoms with Crippen LogP contribution in [0, 0.1) is 0 Å². The Morgan fingerprint density at radius 1 is 1.09 bits per heavy atom. The second-order valence-electron chi connectivity index (χ2n) is 8.54. The van der Waals surface area contributed by atoms with Crippen molar-refractivity contribution in [2.45, 2.75) is 31.7 Å². The lowest BCUT2D eigenvalue weighted by Crippen LogP contribution is -2.37. The van der Waals surface area contributed by atoms with Crippen molar-refractivity contribution in [1.29, 1.82) is 0 Å². The van der Waals surface area contributed by atoms with Crippen molar-refractivity contribution in [3.05, 3.63) is 84.6 Å². The van der Waals surface area contributed by atoms with Gasteiger partial charge in [-0.3, -0.25) is 9.59 Å². The SMILES string of the molecule is O=C(CCn1ccnc1)Nc1cccc(C(=O)N2CCC(c3c[nH]c4ccccc34)CC2)c1. The van der Waals surface area contributed by atoms with Gasteiger partial charge in [0.05, 0.1) is 6.33 Å². The molecular formula is C26H27N5O2. The van der Waals surface area contributed by atoms with Crippen molar-refractivity contribution >= 4 is 28.4 Å². The van der Waals surface area contributed by atoms with Gasteiger partial charge in [0.25, 0.3) is 5.91 Å². The molecule has 0 aliphatic carbocycles. The minimum Gasteiger partial charge on any atom is -0.361 e. The average molecular weight is 442 g/mol. The summed E-state index contributed by atoms with van der Waals surface area (Å²) >= 11 is 0. The highest BCUT2D eigenvalue weighted by atomic mass is 16.2. The first-order valence-corrected chi connectivity index (χ1v) is 11.4.